The monoisotopic (exact) mass is 555 g/mol. The smallest absolute Gasteiger partial charge is 0.259 e. The van der Waals surface area contributed by atoms with E-state index in [0.29, 0.717) is 19.5 Å². The van der Waals surface area contributed by atoms with Crippen LogP contribution in [0.2, 0.25) is 0 Å². The molecule has 216 valence electrons. The fourth-order valence-electron chi connectivity index (χ4n) is 3.95. The van der Waals surface area contributed by atoms with Gasteiger partial charge in [0.1, 0.15) is 5.82 Å². The van der Waals surface area contributed by atoms with Crippen molar-refractivity contribution in [3.05, 3.63) is 65.7 Å². The number of aliphatic hydroxyl groups excluding tert-OH is 1. The van der Waals surface area contributed by atoms with Crippen molar-refractivity contribution < 1.29 is 28.6 Å². The maximum Gasteiger partial charge on any atom is 0.259 e. The van der Waals surface area contributed by atoms with Crippen molar-refractivity contribution in [2.24, 2.45) is 5.73 Å². The number of hydrogen-bond donors (Lipinski definition) is 4. The lowest BCUT2D eigenvalue weighted by Gasteiger charge is -2.26. The maximum atomic E-state index is 14.5. The summed E-state index contributed by atoms with van der Waals surface area (Å²) >= 11 is 0. The fourth-order valence-corrected chi connectivity index (χ4v) is 3.95. The first-order valence-corrected chi connectivity index (χ1v) is 12.7. The van der Waals surface area contributed by atoms with E-state index in [1.807, 2.05) is 19.9 Å². The zero-order valence-electron chi connectivity index (χ0n) is 22.9. The second-order valence-corrected chi connectivity index (χ2v) is 8.82. The van der Waals surface area contributed by atoms with Gasteiger partial charge in [-0.05, 0) is 57.4 Å². The molecule has 2 aliphatic heterocycles. The van der Waals surface area contributed by atoms with E-state index in [4.69, 9.17) is 10.1 Å². The molecule has 0 radical (unpaired) electrons. The van der Waals surface area contributed by atoms with Crippen LogP contribution in [0.4, 0.5) is 10.1 Å². The predicted molar refractivity (Wildman–Crippen MR) is 153 cm³/mol. The average Bonchev–Trinajstić information content (AvgIpc) is 3.42. The number of rotatable bonds is 7. The summed E-state index contributed by atoms with van der Waals surface area (Å²) in [6.45, 7) is 9.00. The number of benzene rings is 1. The predicted octanol–water partition coefficient (Wildman–Crippen LogP) is 2.50. The third-order valence-electron chi connectivity index (χ3n) is 6.01. The van der Waals surface area contributed by atoms with Crippen LogP contribution in [-0.2, 0) is 14.3 Å². The van der Waals surface area contributed by atoms with Crippen molar-refractivity contribution in [2.45, 2.75) is 45.3 Å². The number of carbonyl (C=O) groups is 3. The number of halogens is 1. The van der Waals surface area contributed by atoms with Crippen LogP contribution in [0.3, 0.4) is 0 Å². The number of nitrogens with one attached hydrogen (secondary N) is 2. The average molecular weight is 556 g/mol. The summed E-state index contributed by atoms with van der Waals surface area (Å²) in [5, 5.41) is 18.9. The largest absolute Gasteiger partial charge is 0.390 e. The van der Waals surface area contributed by atoms with Gasteiger partial charge in [0.25, 0.3) is 17.7 Å². The van der Waals surface area contributed by atoms with Crippen LogP contribution in [0, 0.1) is 24.1 Å². The lowest BCUT2D eigenvalue weighted by atomic mass is 10.1. The molecule has 40 heavy (non-hydrogen) atoms. The molecule has 0 aromatic heterocycles. The summed E-state index contributed by atoms with van der Waals surface area (Å²) < 4.78 is 20.0. The normalized spacial score (nSPS) is 18.0. The van der Waals surface area contributed by atoms with Gasteiger partial charge >= 0.3 is 0 Å². The van der Waals surface area contributed by atoms with Crippen molar-refractivity contribution in [1.82, 2.24) is 10.2 Å². The lowest BCUT2D eigenvalue weighted by Crippen LogP contribution is -2.50. The third kappa shape index (κ3) is 9.80. The molecule has 11 heteroatoms. The van der Waals surface area contributed by atoms with E-state index in [-0.39, 0.29) is 36.0 Å². The number of terminal acetylenes is 1. The van der Waals surface area contributed by atoms with Gasteiger partial charge in [0.2, 0.25) is 0 Å². The molecule has 0 bridgehead atoms. The SMILES string of the molecule is C#C.C=C(/C=C\C(C)=C/C)NC(=O)[C@H](O)[C@H]1OCCCN(c2cc(F)cc(C(=O)N3CCCC3)c2)C1=O.N=CN. The highest BCUT2D eigenvalue weighted by molar-refractivity contribution is 6.02. The van der Waals surface area contributed by atoms with Crippen LogP contribution < -0.4 is 16.0 Å². The standard InChI is InChI=1S/C26H32FN3O5.C2H2.CH4N2/c1-4-17(2)8-9-18(3)28-24(32)22(31)23-26(34)30(12-7-13-35-23)21-15-19(14-20(27)16-21)25(33)29-10-5-6-11-29;1-2;2-1-3/h4,8-9,14-16,22-23,31H,3,5-7,10-13H2,1-2H3,(H,28,32);1-2H;1H,(H3,2,3)/b9-8-,17-4-;;/t22-,23-;;/m1../s1. The van der Waals surface area contributed by atoms with Crippen LogP contribution in [0.15, 0.2) is 54.3 Å². The molecular weight excluding hydrogens is 517 g/mol. The van der Waals surface area contributed by atoms with Crippen LogP contribution in [0.25, 0.3) is 0 Å². The number of anilines is 1. The van der Waals surface area contributed by atoms with E-state index in [1.54, 1.807) is 17.1 Å². The molecule has 2 fully saturated rings. The van der Waals surface area contributed by atoms with Crippen molar-refractivity contribution in [1.29, 1.82) is 5.41 Å². The molecule has 0 spiro atoms. The first-order chi connectivity index (χ1) is 19.1. The number of carbonyl (C=O) groups excluding carboxylic acids is 3. The number of ether oxygens (including phenoxy) is 1. The molecule has 3 rings (SSSR count). The minimum atomic E-state index is -1.81. The lowest BCUT2D eigenvalue weighted by molar-refractivity contribution is -0.147. The number of amides is 3. The van der Waals surface area contributed by atoms with Crippen LogP contribution in [0.1, 0.15) is 43.5 Å². The highest BCUT2D eigenvalue weighted by atomic mass is 19.1. The zero-order valence-corrected chi connectivity index (χ0v) is 22.9. The molecule has 10 nitrogen and oxygen atoms in total. The van der Waals surface area contributed by atoms with E-state index in [0.717, 1.165) is 36.9 Å². The first-order valence-electron chi connectivity index (χ1n) is 12.7. The van der Waals surface area contributed by atoms with Crippen LogP contribution in [-0.4, -0.2) is 72.5 Å². The minimum Gasteiger partial charge on any atom is -0.390 e. The number of likely N-dealkylation sites (tertiary alicyclic amines) is 1. The molecule has 3 amide bonds. The quantitative estimate of drug-likeness (QED) is 0.176. The van der Waals surface area contributed by atoms with Crippen molar-refractivity contribution in [3.63, 3.8) is 0 Å². The van der Waals surface area contributed by atoms with E-state index in [2.05, 4.69) is 30.5 Å². The first kappa shape index (κ1) is 33.8. The Bertz CT molecular complexity index is 1140. The molecule has 0 unspecified atom stereocenters. The number of allylic oxidation sites excluding steroid dienone is 4. The molecule has 2 saturated heterocycles. The van der Waals surface area contributed by atoms with E-state index in [9.17, 15) is 23.9 Å². The van der Waals surface area contributed by atoms with Gasteiger partial charge in [0.15, 0.2) is 12.2 Å². The molecule has 0 saturated carbocycles. The molecular formula is C29H38FN5O5. The third-order valence-corrected chi connectivity index (χ3v) is 6.01. The highest BCUT2D eigenvalue weighted by Gasteiger charge is 2.38. The Hall–Kier alpha value is -4.27. The van der Waals surface area contributed by atoms with Gasteiger partial charge in [0.05, 0.1) is 6.34 Å². The van der Waals surface area contributed by atoms with Gasteiger partial charge < -0.3 is 30.7 Å². The van der Waals surface area contributed by atoms with Crippen molar-refractivity contribution >= 4 is 29.7 Å². The van der Waals surface area contributed by atoms with E-state index < -0.39 is 29.8 Å². The van der Waals surface area contributed by atoms with E-state index in [1.165, 1.54) is 11.0 Å². The van der Waals surface area contributed by atoms with Crippen LogP contribution in [0.5, 0.6) is 0 Å². The summed E-state index contributed by atoms with van der Waals surface area (Å²) in [6.07, 6.45) is 12.8. The Kier molecular flexibility index (Phi) is 14.6. The Morgan fingerprint density at radius 2 is 1.85 bits per heavy atom. The van der Waals surface area contributed by atoms with Gasteiger partial charge in [-0.1, -0.05) is 24.3 Å². The molecule has 0 aliphatic carbocycles. The molecule has 2 atom stereocenters. The van der Waals surface area contributed by atoms with Crippen molar-refractivity contribution in [2.75, 3.05) is 31.1 Å². The van der Waals surface area contributed by atoms with Crippen molar-refractivity contribution in [3.8, 4) is 12.8 Å². The van der Waals surface area contributed by atoms with E-state index >= 15 is 0 Å². The Labute approximate surface area is 234 Å². The zero-order chi connectivity index (χ0) is 30.2. The molecule has 1 aromatic carbocycles. The van der Waals surface area contributed by atoms with Gasteiger partial charge in [-0.25, -0.2) is 4.39 Å². The minimum absolute atomic E-state index is 0.119. The molecule has 1 aromatic rings. The van der Waals surface area contributed by atoms with Gasteiger partial charge in [0, 0.05) is 43.2 Å². The summed E-state index contributed by atoms with van der Waals surface area (Å²) in [4.78, 5) is 41.6. The molecule has 2 heterocycles. The van der Waals surface area contributed by atoms with Crippen LogP contribution >= 0.6 is 0 Å². The summed E-state index contributed by atoms with van der Waals surface area (Å²) in [5.41, 5.74) is 5.91. The second-order valence-electron chi connectivity index (χ2n) is 8.82. The summed E-state index contributed by atoms with van der Waals surface area (Å²) in [5.74, 6) is -2.49. The number of nitrogens with two attached hydrogens (primary N) is 1. The molecule has 5 N–H and O–H groups in total. The van der Waals surface area contributed by atoms with Gasteiger partial charge in [-0.3, -0.25) is 19.8 Å². The van der Waals surface area contributed by atoms with Gasteiger partial charge in [-0.2, -0.15) is 0 Å². The topological polar surface area (TPSA) is 149 Å². The maximum absolute atomic E-state index is 14.5. The number of nitrogens with zero attached hydrogens (tertiary/aromatic N) is 2. The second kappa shape index (κ2) is 17.3. The Balaban J connectivity index is 0.00000150. The summed E-state index contributed by atoms with van der Waals surface area (Å²) in [7, 11) is 0. The number of aliphatic hydroxyl groups is 1. The highest BCUT2D eigenvalue weighted by Crippen LogP contribution is 2.25. The van der Waals surface area contributed by atoms with Gasteiger partial charge in [-0.15, -0.1) is 12.8 Å². The summed E-state index contributed by atoms with van der Waals surface area (Å²) in [6, 6.07) is 3.77. The molecule has 2 aliphatic rings. The fraction of sp³-hybridized carbons (Fsp3) is 0.379. The number of hydrogen-bond acceptors (Lipinski definition) is 6. The Morgan fingerprint density at radius 1 is 1.23 bits per heavy atom. The Morgan fingerprint density at radius 3 is 2.45 bits per heavy atom.